The van der Waals surface area contributed by atoms with Crippen molar-refractivity contribution in [2.75, 3.05) is 14.2 Å². The number of hydrogen-bond donors (Lipinski definition) is 1. The summed E-state index contributed by atoms with van der Waals surface area (Å²) >= 11 is 1.51. The molecule has 1 aromatic heterocycles. The summed E-state index contributed by atoms with van der Waals surface area (Å²) in [7, 11) is -0.702. The van der Waals surface area contributed by atoms with Gasteiger partial charge in [-0.3, -0.25) is 0 Å². The highest BCUT2D eigenvalue weighted by Gasteiger charge is 2.25. The molecule has 2 aromatic rings. The van der Waals surface area contributed by atoms with Gasteiger partial charge < -0.3 is 9.84 Å². The van der Waals surface area contributed by atoms with Gasteiger partial charge in [-0.15, -0.1) is 11.3 Å². The molecule has 0 spiro atoms. The van der Waals surface area contributed by atoms with E-state index in [1.165, 1.54) is 41.9 Å². The second kappa shape index (κ2) is 6.57. The molecule has 1 N–H and O–H groups in total. The van der Waals surface area contributed by atoms with Crippen molar-refractivity contribution in [2.24, 2.45) is 0 Å². The maximum absolute atomic E-state index is 12.6. The maximum atomic E-state index is 12.6. The monoisotopic (exact) mass is 327 g/mol. The van der Waals surface area contributed by atoms with Crippen LogP contribution >= 0.6 is 11.3 Å². The van der Waals surface area contributed by atoms with Gasteiger partial charge in [-0.25, -0.2) is 8.42 Å². The number of aliphatic hydroxyl groups is 1. The summed E-state index contributed by atoms with van der Waals surface area (Å²) in [5.74, 6) is 0.236. The van der Waals surface area contributed by atoms with Crippen molar-refractivity contribution in [3.8, 4) is 5.75 Å². The fourth-order valence-electron chi connectivity index (χ4n) is 1.90. The molecule has 0 bridgehead atoms. The molecule has 0 atom stereocenters. The Morgan fingerprint density at radius 3 is 2.67 bits per heavy atom. The molecular weight excluding hydrogens is 310 g/mol. The molecule has 0 radical (unpaired) electrons. The van der Waals surface area contributed by atoms with Gasteiger partial charge in [-0.1, -0.05) is 12.1 Å². The molecule has 0 amide bonds. The molecule has 2 rings (SSSR count). The average Bonchev–Trinajstić information content (AvgIpc) is 2.99. The average molecular weight is 327 g/mol. The zero-order chi connectivity index (χ0) is 15.5. The minimum Gasteiger partial charge on any atom is -0.495 e. The second-order valence-corrected chi connectivity index (χ2v) is 7.53. The van der Waals surface area contributed by atoms with Crippen LogP contribution < -0.4 is 4.74 Å². The highest BCUT2D eigenvalue weighted by molar-refractivity contribution is 7.89. The number of rotatable bonds is 6. The smallest absolute Gasteiger partial charge is 0.246 e. The molecule has 0 aliphatic rings. The van der Waals surface area contributed by atoms with E-state index in [2.05, 4.69) is 0 Å². The summed E-state index contributed by atoms with van der Waals surface area (Å²) in [6.07, 6.45) is 0. The lowest BCUT2D eigenvalue weighted by molar-refractivity contribution is 0.280. The van der Waals surface area contributed by atoms with E-state index in [1.807, 2.05) is 17.5 Å². The summed E-state index contributed by atoms with van der Waals surface area (Å²) in [5.41, 5.74) is 0.603. The summed E-state index contributed by atoms with van der Waals surface area (Å²) in [4.78, 5) is 1.06. The van der Waals surface area contributed by atoms with Crippen molar-refractivity contribution in [1.29, 1.82) is 0 Å². The summed E-state index contributed by atoms with van der Waals surface area (Å²) < 4.78 is 31.7. The van der Waals surface area contributed by atoms with E-state index in [-0.39, 0.29) is 17.3 Å². The Hall–Kier alpha value is -1.41. The highest BCUT2D eigenvalue weighted by Crippen LogP contribution is 2.28. The van der Waals surface area contributed by atoms with Crippen LogP contribution in [0.4, 0.5) is 0 Å². The van der Waals surface area contributed by atoms with E-state index in [0.717, 1.165) is 4.88 Å². The first-order valence-corrected chi connectivity index (χ1v) is 8.57. The lowest BCUT2D eigenvalue weighted by atomic mass is 10.2. The van der Waals surface area contributed by atoms with Crippen molar-refractivity contribution >= 4 is 21.4 Å². The van der Waals surface area contributed by atoms with Crippen molar-refractivity contribution in [3.63, 3.8) is 0 Å². The molecule has 1 aromatic carbocycles. The Labute approximate surface area is 128 Å². The molecule has 0 aliphatic heterocycles. The molecule has 114 valence electrons. The third-order valence-electron chi connectivity index (χ3n) is 3.06. The van der Waals surface area contributed by atoms with Gasteiger partial charge in [0.25, 0.3) is 0 Å². The molecule has 7 heteroatoms. The quantitative estimate of drug-likeness (QED) is 0.882. The predicted molar refractivity (Wildman–Crippen MR) is 81.9 cm³/mol. The van der Waals surface area contributed by atoms with Gasteiger partial charge in [-0.2, -0.15) is 4.31 Å². The maximum Gasteiger partial charge on any atom is 0.246 e. The van der Waals surface area contributed by atoms with E-state index < -0.39 is 10.0 Å². The van der Waals surface area contributed by atoms with Crippen LogP contribution in [0.1, 0.15) is 10.4 Å². The lowest BCUT2D eigenvalue weighted by Gasteiger charge is -2.18. The van der Waals surface area contributed by atoms with Crippen molar-refractivity contribution in [3.05, 3.63) is 46.2 Å². The van der Waals surface area contributed by atoms with E-state index in [0.29, 0.717) is 12.1 Å². The summed E-state index contributed by atoms with van der Waals surface area (Å²) in [6, 6.07) is 8.35. The molecule has 21 heavy (non-hydrogen) atoms. The number of ether oxygens (including phenoxy) is 1. The standard InChI is InChI=1S/C14H17NO4S2/c1-15(9-12-4-3-7-20-12)21(17,18)14-6-5-11(10-16)8-13(14)19-2/h3-8,16H,9-10H2,1-2H3. The molecule has 0 fully saturated rings. The Bertz CT molecular complexity index is 696. The summed E-state index contributed by atoms with van der Waals surface area (Å²) in [5, 5.41) is 11.0. The largest absolute Gasteiger partial charge is 0.495 e. The molecular formula is C14H17NO4S2. The van der Waals surface area contributed by atoms with Crippen LogP contribution in [0.15, 0.2) is 40.6 Å². The Kier molecular flexibility index (Phi) is 5.00. The van der Waals surface area contributed by atoms with Crippen LogP contribution in [0.3, 0.4) is 0 Å². The first kappa shape index (κ1) is 16.0. The fraction of sp³-hybridized carbons (Fsp3) is 0.286. The van der Waals surface area contributed by atoms with Crippen molar-refractivity contribution < 1.29 is 18.3 Å². The third-order valence-corrected chi connectivity index (χ3v) is 5.76. The molecule has 5 nitrogen and oxygen atoms in total. The van der Waals surface area contributed by atoms with Gasteiger partial charge in [0, 0.05) is 18.5 Å². The van der Waals surface area contributed by atoms with Gasteiger partial charge in [0.1, 0.15) is 10.6 Å². The van der Waals surface area contributed by atoms with Crippen molar-refractivity contribution in [1.82, 2.24) is 4.31 Å². The number of hydrogen-bond acceptors (Lipinski definition) is 5. The predicted octanol–water partition coefficient (Wildman–Crippen LogP) is 2.07. The minimum atomic E-state index is -3.65. The molecule has 1 heterocycles. The van der Waals surface area contributed by atoms with E-state index in [1.54, 1.807) is 6.07 Å². The van der Waals surface area contributed by atoms with Crippen LogP contribution in [-0.2, 0) is 23.2 Å². The van der Waals surface area contributed by atoms with Crippen LogP contribution in [0.5, 0.6) is 5.75 Å². The number of nitrogens with zero attached hydrogens (tertiary/aromatic N) is 1. The van der Waals surface area contributed by atoms with Crippen LogP contribution in [-0.4, -0.2) is 32.0 Å². The topological polar surface area (TPSA) is 66.8 Å². The van der Waals surface area contributed by atoms with Crippen LogP contribution in [0.25, 0.3) is 0 Å². The van der Waals surface area contributed by atoms with Crippen molar-refractivity contribution in [2.45, 2.75) is 18.0 Å². The second-order valence-electron chi connectivity index (χ2n) is 4.48. The van der Waals surface area contributed by atoms with Crippen LogP contribution in [0, 0.1) is 0 Å². The highest BCUT2D eigenvalue weighted by atomic mass is 32.2. The zero-order valence-corrected chi connectivity index (χ0v) is 13.4. The van der Waals surface area contributed by atoms with E-state index >= 15 is 0 Å². The fourth-order valence-corrected chi connectivity index (χ4v) is 4.02. The van der Waals surface area contributed by atoms with Gasteiger partial charge in [-0.05, 0) is 29.1 Å². The minimum absolute atomic E-state index is 0.0984. The number of methoxy groups -OCH3 is 1. The van der Waals surface area contributed by atoms with Crippen LogP contribution in [0.2, 0.25) is 0 Å². The van der Waals surface area contributed by atoms with E-state index in [4.69, 9.17) is 9.84 Å². The first-order chi connectivity index (χ1) is 9.98. The Morgan fingerprint density at radius 2 is 2.10 bits per heavy atom. The number of aliphatic hydroxyl groups excluding tert-OH is 1. The zero-order valence-electron chi connectivity index (χ0n) is 11.8. The van der Waals surface area contributed by atoms with E-state index in [9.17, 15) is 8.42 Å². The number of sulfonamides is 1. The Balaban J connectivity index is 2.34. The third kappa shape index (κ3) is 3.44. The SMILES string of the molecule is COc1cc(CO)ccc1S(=O)(=O)N(C)Cc1cccs1. The molecule has 0 saturated heterocycles. The van der Waals surface area contributed by atoms with Gasteiger partial charge in [0.15, 0.2) is 0 Å². The van der Waals surface area contributed by atoms with Gasteiger partial charge in [0.05, 0.1) is 13.7 Å². The molecule has 0 aliphatic carbocycles. The Morgan fingerprint density at radius 1 is 1.33 bits per heavy atom. The lowest BCUT2D eigenvalue weighted by Crippen LogP contribution is -2.26. The molecule has 0 unspecified atom stereocenters. The number of benzene rings is 1. The van der Waals surface area contributed by atoms with Gasteiger partial charge >= 0.3 is 0 Å². The number of thiophene rings is 1. The first-order valence-electron chi connectivity index (χ1n) is 6.25. The molecule has 0 saturated carbocycles. The normalized spacial score (nSPS) is 11.8. The summed E-state index contributed by atoms with van der Waals surface area (Å²) in [6.45, 7) is 0.145. The van der Waals surface area contributed by atoms with Gasteiger partial charge in [0.2, 0.25) is 10.0 Å².